The molecule has 0 atom stereocenters. The molecule has 116 valence electrons. The molecule has 0 radical (unpaired) electrons. The van der Waals surface area contributed by atoms with E-state index in [-0.39, 0.29) is 0 Å². The lowest BCUT2D eigenvalue weighted by atomic mass is 9.99. The van der Waals surface area contributed by atoms with E-state index in [0.29, 0.717) is 6.42 Å². The van der Waals surface area contributed by atoms with Gasteiger partial charge in [-0.3, -0.25) is 4.98 Å². The number of pyridine rings is 1. The van der Waals surface area contributed by atoms with Gasteiger partial charge in [-0.25, -0.2) is 0 Å². The zero-order valence-electron chi connectivity index (χ0n) is 13.0. The van der Waals surface area contributed by atoms with Crippen LogP contribution in [0.2, 0.25) is 0 Å². The zero-order chi connectivity index (χ0) is 16.4. The fourth-order valence-corrected chi connectivity index (χ4v) is 3.30. The molecule has 0 unspecified atom stereocenters. The molecule has 0 spiro atoms. The van der Waals surface area contributed by atoms with Crippen LogP contribution in [0.1, 0.15) is 11.3 Å². The normalized spacial score (nSPS) is 10.8. The second-order valence-electron chi connectivity index (χ2n) is 5.62. The average Bonchev–Trinajstić information content (AvgIpc) is 2.64. The van der Waals surface area contributed by atoms with Crippen molar-refractivity contribution in [3.63, 3.8) is 0 Å². The molecule has 0 bridgehead atoms. The average molecular weight is 329 g/mol. The first-order valence-corrected chi connectivity index (χ1v) is 8.23. The molecule has 2 heterocycles. The number of hydrogen-bond acceptors (Lipinski definition) is 3. The minimum Gasteiger partial charge on any atom is -0.460 e. The van der Waals surface area contributed by atoms with Gasteiger partial charge in [0.15, 0.2) is 0 Å². The van der Waals surface area contributed by atoms with Crippen molar-refractivity contribution >= 4 is 23.2 Å². The van der Waals surface area contributed by atoms with Gasteiger partial charge in [0.25, 0.3) is 0 Å². The summed E-state index contributed by atoms with van der Waals surface area (Å²) in [7, 11) is 0. The Balaban J connectivity index is 1.98. The van der Waals surface area contributed by atoms with E-state index in [2.05, 4.69) is 17.1 Å². The highest BCUT2D eigenvalue weighted by Gasteiger charge is 2.14. The first kappa shape index (κ1) is 14.8. The summed E-state index contributed by atoms with van der Waals surface area (Å²) in [6, 6.07) is 22.2. The summed E-state index contributed by atoms with van der Waals surface area (Å²) in [5, 5.41) is 0.977. The summed E-state index contributed by atoms with van der Waals surface area (Å²) in [4.78, 5) is 4.08. The molecule has 4 aromatic rings. The molecule has 24 heavy (non-hydrogen) atoms. The molecular weight excluding hydrogens is 314 g/mol. The van der Waals surface area contributed by atoms with E-state index >= 15 is 0 Å². The minimum atomic E-state index is 0.682. The van der Waals surface area contributed by atoms with Crippen LogP contribution in [0.5, 0.6) is 0 Å². The smallest absolute Gasteiger partial charge is 0.135 e. The first-order valence-electron chi connectivity index (χ1n) is 7.82. The van der Waals surface area contributed by atoms with E-state index in [1.54, 1.807) is 12.4 Å². The zero-order valence-corrected chi connectivity index (χ0v) is 13.8. The Labute approximate surface area is 145 Å². The highest BCUT2D eigenvalue weighted by atomic mass is 32.1. The maximum Gasteiger partial charge on any atom is 0.135 e. The van der Waals surface area contributed by atoms with Crippen LogP contribution in [0.15, 0.2) is 83.5 Å². The van der Waals surface area contributed by atoms with E-state index < -0.39 is 0 Å². The van der Waals surface area contributed by atoms with Crippen LogP contribution in [-0.2, 0) is 6.42 Å². The van der Waals surface area contributed by atoms with Gasteiger partial charge in [0.05, 0.1) is 4.51 Å². The van der Waals surface area contributed by atoms with E-state index in [9.17, 15) is 0 Å². The SMILES string of the molecule is S=c1c(-c2ccccc2)c(Cc2ccncc2)oc2ccccc12. The van der Waals surface area contributed by atoms with Gasteiger partial charge in [-0.2, -0.15) is 0 Å². The molecule has 0 aliphatic heterocycles. The van der Waals surface area contributed by atoms with E-state index in [0.717, 1.165) is 37.9 Å². The third-order valence-corrected chi connectivity index (χ3v) is 4.47. The van der Waals surface area contributed by atoms with E-state index in [1.165, 1.54) is 0 Å². The number of hydrogen-bond donors (Lipinski definition) is 0. The van der Waals surface area contributed by atoms with Gasteiger partial charge in [-0.1, -0.05) is 54.7 Å². The lowest BCUT2D eigenvalue weighted by molar-refractivity contribution is 0.552. The Morgan fingerprint density at radius 3 is 2.33 bits per heavy atom. The molecule has 4 rings (SSSR count). The summed E-state index contributed by atoms with van der Waals surface area (Å²) in [6.07, 6.45) is 4.28. The Morgan fingerprint density at radius 1 is 0.833 bits per heavy atom. The predicted octanol–water partition coefficient (Wildman–Crippen LogP) is 5.82. The monoisotopic (exact) mass is 329 g/mol. The molecule has 0 saturated heterocycles. The van der Waals surface area contributed by atoms with Crippen LogP contribution in [0.25, 0.3) is 22.1 Å². The molecule has 2 aromatic heterocycles. The Hall–Kier alpha value is -2.78. The van der Waals surface area contributed by atoms with Crippen molar-refractivity contribution in [2.45, 2.75) is 6.42 Å². The molecule has 2 aromatic carbocycles. The quantitative estimate of drug-likeness (QED) is 0.443. The topological polar surface area (TPSA) is 26.0 Å². The van der Waals surface area contributed by atoms with Gasteiger partial charge < -0.3 is 4.42 Å². The summed E-state index contributed by atoms with van der Waals surface area (Å²) in [5.41, 5.74) is 4.06. The summed E-state index contributed by atoms with van der Waals surface area (Å²) in [6.45, 7) is 0. The lowest BCUT2D eigenvalue weighted by Crippen LogP contribution is -1.95. The molecule has 0 amide bonds. The van der Waals surface area contributed by atoms with Crippen molar-refractivity contribution in [1.82, 2.24) is 4.98 Å². The molecule has 0 aliphatic carbocycles. The lowest BCUT2D eigenvalue weighted by Gasteiger charge is -2.12. The standard InChI is InChI=1S/C21H15NOS/c24-21-17-8-4-5-9-18(17)23-19(14-15-10-12-22-13-11-15)20(21)16-6-2-1-3-7-16/h1-13H,14H2. The van der Waals surface area contributed by atoms with Crippen molar-refractivity contribution in [3.8, 4) is 11.1 Å². The molecule has 3 heteroatoms. The van der Waals surface area contributed by atoms with Gasteiger partial charge in [0.2, 0.25) is 0 Å². The highest BCUT2D eigenvalue weighted by Crippen LogP contribution is 2.32. The van der Waals surface area contributed by atoms with Crippen LogP contribution in [0.3, 0.4) is 0 Å². The van der Waals surface area contributed by atoms with Gasteiger partial charge >= 0.3 is 0 Å². The van der Waals surface area contributed by atoms with Crippen LogP contribution in [0.4, 0.5) is 0 Å². The molecular formula is C21H15NOS. The van der Waals surface area contributed by atoms with Crippen molar-refractivity contribution in [2.75, 3.05) is 0 Å². The predicted molar refractivity (Wildman–Crippen MR) is 99.5 cm³/mol. The number of benzene rings is 2. The van der Waals surface area contributed by atoms with Crippen LogP contribution < -0.4 is 0 Å². The Kier molecular flexibility index (Phi) is 3.93. The van der Waals surface area contributed by atoms with Crippen molar-refractivity contribution in [1.29, 1.82) is 0 Å². The number of nitrogens with zero attached hydrogens (tertiary/aromatic N) is 1. The van der Waals surface area contributed by atoms with Crippen molar-refractivity contribution in [3.05, 3.63) is 95.0 Å². The molecule has 0 saturated carbocycles. The number of aromatic nitrogens is 1. The first-order chi connectivity index (χ1) is 11.8. The number of fused-ring (bicyclic) bond motifs is 1. The second-order valence-corrected chi connectivity index (χ2v) is 6.03. The molecule has 0 aliphatic rings. The summed E-state index contributed by atoms with van der Waals surface area (Å²) in [5.74, 6) is 0.885. The van der Waals surface area contributed by atoms with Gasteiger partial charge in [0, 0.05) is 29.8 Å². The molecule has 0 N–H and O–H groups in total. The minimum absolute atomic E-state index is 0.682. The van der Waals surface area contributed by atoms with E-state index in [4.69, 9.17) is 16.6 Å². The summed E-state index contributed by atoms with van der Waals surface area (Å²) < 4.78 is 7.08. The Bertz CT molecular complexity index is 1040. The summed E-state index contributed by atoms with van der Waals surface area (Å²) >= 11 is 5.81. The second kappa shape index (κ2) is 6.38. The van der Waals surface area contributed by atoms with Crippen LogP contribution in [-0.4, -0.2) is 4.98 Å². The largest absolute Gasteiger partial charge is 0.460 e. The van der Waals surface area contributed by atoms with Crippen LogP contribution in [0, 0.1) is 4.51 Å². The number of para-hydroxylation sites is 1. The molecule has 0 fully saturated rings. The van der Waals surface area contributed by atoms with Crippen molar-refractivity contribution < 1.29 is 4.42 Å². The van der Waals surface area contributed by atoms with E-state index in [1.807, 2.05) is 54.6 Å². The van der Waals surface area contributed by atoms with Gasteiger partial charge in [-0.15, -0.1) is 0 Å². The van der Waals surface area contributed by atoms with Gasteiger partial charge in [-0.05, 0) is 35.4 Å². The maximum absolute atomic E-state index is 6.25. The fraction of sp³-hybridized carbons (Fsp3) is 0.0476. The van der Waals surface area contributed by atoms with Gasteiger partial charge in [0.1, 0.15) is 11.3 Å². The third-order valence-electron chi connectivity index (χ3n) is 4.05. The Morgan fingerprint density at radius 2 is 1.54 bits per heavy atom. The van der Waals surface area contributed by atoms with Crippen molar-refractivity contribution in [2.24, 2.45) is 0 Å². The number of rotatable bonds is 3. The third kappa shape index (κ3) is 2.74. The fourth-order valence-electron chi connectivity index (χ4n) is 2.90. The van der Waals surface area contributed by atoms with Crippen LogP contribution >= 0.6 is 12.2 Å². The highest BCUT2D eigenvalue weighted by molar-refractivity contribution is 7.71. The maximum atomic E-state index is 6.25. The molecule has 2 nitrogen and oxygen atoms in total.